The van der Waals surface area contributed by atoms with Crippen molar-refractivity contribution in [3.05, 3.63) is 97.9 Å². The average Bonchev–Trinajstić information content (AvgIpc) is 3.46. The van der Waals surface area contributed by atoms with E-state index in [4.69, 9.17) is 10.5 Å². The predicted octanol–water partition coefficient (Wildman–Crippen LogP) is 5.30. The van der Waals surface area contributed by atoms with Gasteiger partial charge in [-0.25, -0.2) is 4.79 Å². The van der Waals surface area contributed by atoms with Gasteiger partial charge >= 0.3 is 6.03 Å². The van der Waals surface area contributed by atoms with Crippen molar-refractivity contribution in [1.82, 2.24) is 9.91 Å². The van der Waals surface area contributed by atoms with Crippen LogP contribution in [0.2, 0.25) is 0 Å². The number of amides is 6. The Kier molecular flexibility index (Phi) is 7.74. The minimum absolute atomic E-state index is 0.0503. The van der Waals surface area contributed by atoms with Gasteiger partial charge in [-0.1, -0.05) is 59.7 Å². The number of likely N-dealkylation sites (tertiary alicyclic amines) is 1. The molecule has 6 unspecified atom stereocenters. The third kappa shape index (κ3) is 4.39. The fourth-order valence-corrected chi connectivity index (χ4v) is 9.24. The second-order valence-corrected chi connectivity index (χ2v) is 14.2. The van der Waals surface area contributed by atoms with Crippen LogP contribution < -0.4 is 15.9 Å². The molecule has 0 bridgehead atoms. The number of anilines is 1. The number of urea groups is 1. The minimum atomic E-state index is -1.54. The quantitative estimate of drug-likeness (QED) is 0.233. The molecule has 6 atom stereocenters. The molecule has 3 fully saturated rings. The van der Waals surface area contributed by atoms with Crippen molar-refractivity contribution in [2.45, 2.75) is 31.1 Å². The number of rotatable bonds is 5. The number of ether oxygens (including phenoxy) is 1. The molecule has 2 aliphatic carbocycles. The second-order valence-electron chi connectivity index (χ2n) is 12.6. The second kappa shape index (κ2) is 11.6. The number of aromatic hydroxyl groups is 1. The first kappa shape index (κ1) is 32.1. The minimum Gasteiger partial charge on any atom is -0.503 e. The predicted molar refractivity (Wildman–Crippen MR) is 180 cm³/mol. The van der Waals surface area contributed by atoms with E-state index in [9.17, 15) is 24.3 Å². The van der Waals surface area contributed by atoms with E-state index in [0.29, 0.717) is 31.8 Å². The number of hydrogen-bond donors (Lipinski definition) is 3. The first-order valence-electron chi connectivity index (χ1n) is 15.3. The summed E-state index contributed by atoms with van der Waals surface area (Å²) in [5.41, 5.74) is 10.3. The number of primary amides is 1. The molecule has 0 spiro atoms. The first-order valence-corrected chi connectivity index (χ1v) is 16.9. The zero-order chi connectivity index (χ0) is 34.2. The van der Waals surface area contributed by atoms with E-state index in [1.807, 2.05) is 43.3 Å². The van der Waals surface area contributed by atoms with E-state index in [-0.39, 0.29) is 28.8 Å². The van der Waals surface area contributed by atoms with E-state index >= 15 is 4.79 Å². The van der Waals surface area contributed by atoms with Crippen LogP contribution in [0.3, 0.4) is 0 Å². The van der Waals surface area contributed by atoms with Gasteiger partial charge in [-0.3, -0.25) is 24.6 Å². The number of phenols is 1. The maximum Gasteiger partial charge on any atom is 0.328 e. The summed E-state index contributed by atoms with van der Waals surface area (Å²) in [6.07, 6.45) is 2.04. The third-order valence-electron chi connectivity index (χ3n) is 10.3. The highest BCUT2D eigenvalue weighted by molar-refractivity contribution is 9.13. The molecule has 7 rings (SSSR count). The van der Waals surface area contributed by atoms with Gasteiger partial charge in [0.25, 0.3) is 11.8 Å². The summed E-state index contributed by atoms with van der Waals surface area (Å²) in [7, 11) is 1.40. The zero-order valence-electron chi connectivity index (χ0n) is 25.8. The number of nitrogens with two attached hydrogens (primary N) is 1. The highest BCUT2D eigenvalue weighted by atomic mass is 79.9. The molecule has 246 valence electrons. The smallest absolute Gasteiger partial charge is 0.328 e. The lowest BCUT2D eigenvalue weighted by molar-refractivity contribution is -0.139. The van der Waals surface area contributed by atoms with Crippen molar-refractivity contribution in [3.8, 4) is 11.5 Å². The Morgan fingerprint density at radius 2 is 1.67 bits per heavy atom. The van der Waals surface area contributed by atoms with Crippen LogP contribution >= 0.6 is 31.9 Å². The SMILES string of the molecule is COc1cc(C2C3=CCC4C(=O)N(C(N)=O)C(=O)C4C3CC3C(=O)N(Nc4ccc(C)cc4)C(=O)C32c2ccccc2)c(Br)c(Br)c1O. The number of allylic oxidation sites excluding steroid dienone is 2. The molecule has 2 saturated heterocycles. The number of fused-ring (bicyclic) bond motifs is 4. The van der Waals surface area contributed by atoms with E-state index < -0.39 is 64.7 Å². The van der Waals surface area contributed by atoms with Crippen LogP contribution in [0.15, 0.2) is 81.3 Å². The molecule has 2 aliphatic heterocycles. The third-order valence-corrected chi connectivity index (χ3v) is 12.5. The lowest BCUT2D eigenvalue weighted by Crippen LogP contribution is -2.53. The van der Waals surface area contributed by atoms with Crippen LogP contribution in [0.25, 0.3) is 0 Å². The summed E-state index contributed by atoms with van der Waals surface area (Å²) in [6.45, 7) is 1.93. The monoisotopic (exact) mass is 776 g/mol. The molecule has 13 heteroatoms. The Bertz CT molecular complexity index is 1950. The number of hydrazine groups is 1. The van der Waals surface area contributed by atoms with Crippen LogP contribution in [-0.2, 0) is 24.6 Å². The lowest BCUT2D eigenvalue weighted by atomic mass is 9.49. The Morgan fingerprint density at radius 1 is 0.979 bits per heavy atom. The number of methoxy groups -OCH3 is 1. The lowest BCUT2D eigenvalue weighted by Gasteiger charge is -2.51. The van der Waals surface area contributed by atoms with Gasteiger partial charge < -0.3 is 15.6 Å². The van der Waals surface area contributed by atoms with Crippen molar-refractivity contribution >= 4 is 67.2 Å². The van der Waals surface area contributed by atoms with Gasteiger partial charge in [0.2, 0.25) is 11.8 Å². The summed E-state index contributed by atoms with van der Waals surface area (Å²) < 4.78 is 6.23. The number of aryl methyl sites for hydroxylation is 1. The van der Waals surface area contributed by atoms with Gasteiger partial charge in [0.05, 0.1) is 40.4 Å². The number of carbonyl (C=O) groups is 5. The normalized spacial score (nSPS) is 27.8. The van der Waals surface area contributed by atoms with Gasteiger partial charge in [0, 0.05) is 10.4 Å². The van der Waals surface area contributed by atoms with Crippen molar-refractivity contribution in [2.24, 2.45) is 29.4 Å². The number of imide groups is 4. The molecule has 3 aromatic carbocycles. The van der Waals surface area contributed by atoms with Gasteiger partial charge in [0.15, 0.2) is 11.5 Å². The molecule has 2 heterocycles. The van der Waals surface area contributed by atoms with Crippen LogP contribution in [-0.4, -0.2) is 51.8 Å². The Hall–Kier alpha value is -4.49. The highest BCUT2D eigenvalue weighted by Gasteiger charge is 2.70. The molecule has 4 N–H and O–H groups in total. The summed E-state index contributed by atoms with van der Waals surface area (Å²) in [5.74, 6) is -6.85. The summed E-state index contributed by atoms with van der Waals surface area (Å²) in [6, 6.07) is 16.8. The van der Waals surface area contributed by atoms with E-state index in [1.165, 1.54) is 7.11 Å². The highest BCUT2D eigenvalue weighted by Crippen LogP contribution is 2.65. The molecule has 0 radical (unpaired) electrons. The Balaban J connectivity index is 1.51. The molecule has 6 amide bonds. The largest absolute Gasteiger partial charge is 0.503 e. The number of nitrogens with zero attached hydrogens (tertiary/aromatic N) is 2. The Morgan fingerprint density at radius 3 is 2.31 bits per heavy atom. The standard InChI is InChI=1S/C35H30Br2N4O7/c1-16-8-10-18(11-9-16)39-41-31(44)23-14-21-19(12-13-20-25(21)32(45)40(30(20)43)34(38)47)26(22-15-24(48-2)29(42)28(37)27(22)36)35(23,33(41)46)17-6-4-3-5-7-17/h3-12,15,20-21,23,25-26,39,42H,13-14H2,1-2H3,(H2,38,47). The topological polar surface area (TPSA) is 159 Å². The van der Waals surface area contributed by atoms with Crippen molar-refractivity contribution in [2.75, 3.05) is 12.5 Å². The number of hydrogen-bond acceptors (Lipinski definition) is 8. The summed E-state index contributed by atoms with van der Waals surface area (Å²) in [4.78, 5) is 69.8. The van der Waals surface area contributed by atoms with Crippen LogP contribution in [0, 0.1) is 30.6 Å². The van der Waals surface area contributed by atoms with Gasteiger partial charge in [0.1, 0.15) is 0 Å². The molecule has 11 nitrogen and oxygen atoms in total. The number of carbonyl (C=O) groups excluding carboxylic acids is 5. The molecule has 48 heavy (non-hydrogen) atoms. The van der Waals surface area contributed by atoms with E-state index in [2.05, 4.69) is 37.3 Å². The van der Waals surface area contributed by atoms with Crippen molar-refractivity contribution < 1.29 is 33.8 Å². The molecule has 4 aliphatic rings. The summed E-state index contributed by atoms with van der Waals surface area (Å²) >= 11 is 7.12. The average molecular weight is 778 g/mol. The van der Waals surface area contributed by atoms with Crippen LogP contribution in [0.4, 0.5) is 10.5 Å². The van der Waals surface area contributed by atoms with E-state index in [0.717, 1.165) is 10.6 Å². The number of nitrogens with one attached hydrogen (secondary N) is 1. The van der Waals surface area contributed by atoms with E-state index in [1.54, 1.807) is 30.3 Å². The van der Waals surface area contributed by atoms with Crippen LogP contribution in [0.5, 0.6) is 11.5 Å². The molecular formula is C35H30Br2N4O7. The molecular weight excluding hydrogens is 748 g/mol. The van der Waals surface area contributed by atoms with Gasteiger partial charge in [-0.15, -0.1) is 0 Å². The zero-order valence-corrected chi connectivity index (χ0v) is 28.9. The number of halogens is 2. The summed E-state index contributed by atoms with van der Waals surface area (Å²) in [5, 5.41) is 12.0. The van der Waals surface area contributed by atoms with Gasteiger partial charge in [-0.2, -0.15) is 9.91 Å². The molecule has 3 aromatic rings. The maximum absolute atomic E-state index is 15.2. The molecule has 1 saturated carbocycles. The molecule has 0 aromatic heterocycles. The van der Waals surface area contributed by atoms with Gasteiger partial charge in [-0.05, 0) is 86.9 Å². The Labute approximate surface area is 292 Å². The fourth-order valence-electron chi connectivity index (χ4n) is 8.29. The number of phenolic OH excluding ortho intramolecular Hbond substituents is 1. The van der Waals surface area contributed by atoms with Crippen molar-refractivity contribution in [3.63, 3.8) is 0 Å². The fraction of sp³-hybridized carbons (Fsp3) is 0.286. The van der Waals surface area contributed by atoms with Crippen molar-refractivity contribution in [1.29, 1.82) is 0 Å². The maximum atomic E-state index is 15.2. The van der Waals surface area contributed by atoms with Crippen LogP contribution in [0.1, 0.15) is 35.4 Å². The number of benzene rings is 3. The first-order chi connectivity index (χ1) is 22.9.